The molecule has 1 aromatic rings. The van der Waals surface area contributed by atoms with E-state index in [2.05, 4.69) is 47.8 Å². The minimum Gasteiger partial charge on any atom is -0.446 e. The predicted octanol–water partition coefficient (Wildman–Crippen LogP) is 7.38. The highest BCUT2D eigenvalue weighted by atomic mass is 127. The Hall–Kier alpha value is -1.37. The molecule has 4 aliphatic rings. The molecule has 0 heterocycles. The van der Waals surface area contributed by atoms with E-state index in [4.69, 9.17) is 4.74 Å². The van der Waals surface area contributed by atoms with Crippen LogP contribution in [-0.2, 0) is 9.53 Å². The fourth-order valence-corrected chi connectivity index (χ4v) is 8.59. The van der Waals surface area contributed by atoms with Gasteiger partial charge in [0.1, 0.15) is 11.9 Å². The number of hydrogen-bond acceptors (Lipinski definition) is 3. The van der Waals surface area contributed by atoms with E-state index in [1.807, 2.05) is 24.3 Å². The molecular formula is C28H36INO3. The van der Waals surface area contributed by atoms with Crippen LogP contribution in [0.25, 0.3) is 0 Å². The first-order valence-electron chi connectivity index (χ1n) is 12.6. The van der Waals surface area contributed by atoms with Gasteiger partial charge < -0.3 is 4.74 Å². The van der Waals surface area contributed by atoms with Crippen molar-refractivity contribution in [2.75, 3.05) is 5.32 Å². The molecule has 1 aromatic carbocycles. The summed E-state index contributed by atoms with van der Waals surface area (Å²) in [5.41, 5.74) is 2.69. The standard InChI is InChI=1S/C28H36INO3/c1-17(31)23-10-11-24-22-9-4-18-16-21(33-26(32)30-20-7-5-19(29)6-8-20)12-14-27(18,2)25(22)13-15-28(23,24)3/h4-8,21-25H,9-16H2,1-3H3,(H,30,32)/t21-,22-,23+,24-,25-,27-,28+/m0/s1. The van der Waals surface area contributed by atoms with Crippen LogP contribution in [0.2, 0.25) is 0 Å². The molecule has 5 rings (SSSR count). The van der Waals surface area contributed by atoms with E-state index in [0.717, 1.165) is 41.4 Å². The van der Waals surface area contributed by atoms with Gasteiger partial charge in [-0.05, 0) is 127 Å². The van der Waals surface area contributed by atoms with Crippen LogP contribution in [0.3, 0.4) is 0 Å². The maximum atomic E-state index is 12.5. The molecule has 3 saturated carbocycles. The summed E-state index contributed by atoms with van der Waals surface area (Å²) in [6.45, 7) is 6.68. The average molecular weight is 562 g/mol. The van der Waals surface area contributed by atoms with Crippen LogP contribution in [0, 0.1) is 38.1 Å². The Morgan fingerprint density at radius 1 is 1.03 bits per heavy atom. The van der Waals surface area contributed by atoms with E-state index < -0.39 is 0 Å². The maximum absolute atomic E-state index is 12.5. The van der Waals surface area contributed by atoms with Crippen molar-refractivity contribution in [3.8, 4) is 0 Å². The van der Waals surface area contributed by atoms with Gasteiger partial charge in [0, 0.05) is 21.6 Å². The van der Waals surface area contributed by atoms with Crippen molar-refractivity contribution < 1.29 is 14.3 Å². The van der Waals surface area contributed by atoms with Gasteiger partial charge in [-0.25, -0.2) is 4.79 Å². The van der Waals surface area contributed by atoms with Crippen LogP contribution in [-0.4, -0.2) is 18.0 Å². The van der Waals surface area contributed by atoms with Crippen LogP contribution in [0.1, 0.15) is 72.1 Å². The second kappa shape index (κ2) is 8.69. The van der Waals surface area contributed by atoms with Gasteiger partial charge in [-0.3, -0.25) is 10.1 Å². The predicted molar refractivity (Wildman–Crippen MR) is 139 cm³/mol. The number of carbonyl (C=O) groups is 2. The number of benzene rings is 1. The summed E-state index contributed by atoms with van der Waals surface area (Å²) in [6, 6.07) is 7.76. The first-order valence-corrected chi connectivity index (χ1v) is 13.7. The zero-order chi connectivity index (χ0) is 23.4. The summed E-state index contributed by atoms with van der Waals surface area (Å²) in [6.07, 6.45) is 10.8. The van der Waals surface area contributed by atoms with Gasteiger partial charge in [-0.2, -0.15) is 0 Å². The summed E-state index contributed by atoms with van der Waals surface area (Å²) in [5, 5.41) is 2.87. The maximum Gasteiger partial charge on any atom is 0.411 e. The molecule has 0 aromatic heterocycles. The minimum absolute atomic E-state index is 0.0489. The van der Waals surface area contributed by atoms with E-state index in [9.17, 15) is 9.59 Å². The van der Waals surface area contributed by atoms with Crippen molar-refractivity contribution in [1.82, 2.24) is 0 Å². The molecule has 3 fully saturated rings. The first kappa shape index (κ1) is 23.4. The second-order valence-corrected chi connectivity index (χ2v) is 12.7. The molecule has 5 heteroatoms. The highest BCUT2D eigenvalue weighted by Gasteiger charge is 2.59. The topological polar surface area (TPSA) is 55.4 Å². The Labute approximate surface area is 211 Å². The lowest BCUT2D eigenvalue weighted by Crippen LogP contribution is -2.51. The third kappa shape index (κ3) is 4.06. The van der Waals surface area contributed by atoms with Crippen LogP contribution in [0.5, 0.6) is 0 Å². The zero-order valence-corrected chi connectivity index (χ0v) is 22.2. The van der Waals surface area contributed by atoms with E-state index in [0.29, 0.717) is 23.5 Å². The highest BCUT2D eigenvalue weighted by Crippen LogP contribution is 2.66. The van der Waals surface area contributed by atoms with E-state index in [-0.39, 0.29) is 28.9 Å². The molecule has 0 radical (unpaired) electrons. The second-order valence-electron chi connectivity index (χ2n) is 11.4. The fraction of sp³-hybridized carbons (Fsp3) is 0.643. The molecule has 4 aliphatic carbocycles. The number of anilines is 1. The van der Waals surface area contributed by atoms with Crippen LogP contribution < -0.4 is 5.32 Å². The normalized spacial score (nSPS) is 39.5. The number of ketones is 1. The van der Waals surface area contributed by atoms with Crippen molar-refractivity contribution in [3.05, 3.63) is 39.5 Å². The van der Waals surface area contributed by atoms with Crippen molar-refractivity contribution in [2.45, 2.75) is 78.2 Å². The van der Waals surface area contributed by atoms with Crippen LogP contribution in [0.15, 0.2) is 35.9 Å². The van der Waals surface area contributed by atoms with Crippen molar-refractivity contribution in [2.24, 2.45) is 34.5 Å². The van der Waals surface area contributed by atoms with Crippen LogP contribution >= 0.6 is 22.6 Å². The molecule has 0 bridgehead atoms. The van der Waals surface area contributed by atoms with Crippen molar-refractivity contribution in [3.63, 3.8) is 0 Å². The van der Waals surface area contributed by atoms with Gasteiger partial charge in [-0.1, -0.05) is 25.5 Å². The third-order valence-electron chi connectivity index (χ3n) is 9.91. The summed E-state index contributed by atoms with van der Waals surface area (Å²) in [5.74, 6) is 2.73. The Kier molecular flexibility index (Phi) is 6.16. The van der Waals surface area contributed by atoms with Crippen LogP contribution in [0.4, 0.5) is 10.5 Å². The lowest BCUT2D eigenvalue weighted by atomic mass is 9.47. The molecule has 0 aliphatic heterocycles. The zero-order valence-electron chi connectivity index (χ0n) is 20.0. The molecule has 178 valence electrons. The Morgan fingerprint density at radius 3 is 2.52 bits per heavy atom. The van der Waals surface area contributed by atoms with E-state index in [1.165, 1.54) is 24.8 Å². The molecule has 4 nitrogen and oxygen atoms in total. The monoisotopic (exact) mass is 561 g/mol. The average Bonchev–Trinajstić information content (AvgIpc) is 3.13. The molecular weight excluding hydrogens is 525 g/mol. The fourth-order valence-electron chi connectivity index (χ4n) is 8.23. The number of amides is 1. The van der Waals surface area contributed by atoms with Gasteiger partial charge in [0.2, 0.25) is 0 Å². The number of halogens is 1. The van der Waals surface area contributed by atoms with Gasteiger partial charge in [0.05, 0.1) is 0 Å². The summed E-state index contributed by atoms with van der Waals surface area (Å²) < 4.78 is 6.99. The Bertz CT molecular complexity index is 972. The molecule has 33 heavy (non-hydrogen) atoms. The lowest BCUT2D eigenvalue weighted by molar-refractivity contribution is -0.127. The summed E-state index contributed by atoms with van der Waals surface area (Å²) in [7, 11) is 0. The molecule has 1 N–H and O–H groups in total. The van der Waals surface area contributed by atoms with Gasteiger partial charge in [-0.15, -0.1) is 0 Å². The molecule has 7 atom stereocenters. The SMILES string of the molecule is CC(=O)[C@H]1CC[C@H]2[C@@H]3CC=C4C[C@@H](OC(=O)Nc5ccc(I)cc5)CC[C@]4(C)[C@H]3CC[C@]12C. The van der Waals surface area contributed by atoms with Crippen molar-refractivity contribution in [1.29, 1.82) is 0 Å². The number of ether oxygens (including phenoxy) is 1. The quantitative estimate of drug-likeness (QED) is 0.310. The molecule has 0 spiro atoms. The van der Waals surface area contributed by atoms with Gasteiger partial charge in [0.25, 0.3) is 0 Å². The number of nitrogens with one attached hydrogen (secondary N) is 1. The lowest BCUT2D eigenvalue weighted by Gasteiger charge is -2.58. The van der Waals surface area contributed by atoms with Gasteiger partial charge in [0.15, 0.2) is 0 Å². The Morgan fingerprint density at radius 2 is 1.79 bits per heavy atom. The highest BCUT2D eigenvalue weighted by molar-refractivity contribution is 14.1. The minimum atomic E-state index is -0.353. The number of Topliss-reactive ketones (excluding diaryl/α,β-unsaturated/α-hetero) is 1. The summed E-state index contributed by atoms with van der Waals surface area (Å²) in [4.78, 5) is 24.9. The smallest absolute Gasteiger partial charge is 0.411 e. The van der Waals surface area contributed by atoms with E-state index in [1.54, 1.807) is 6.92 Å². The Balaban J connectivity index is 1.26. The first-order chi connectivity index (χ1) is 15.7. The number of hydrogen-bond donors (Lipinski definition) is 1. The molecule has 0 unspecified atom stereocenters. The summed E-state index contributed by atoms with van der Waals surface area (Å²) >= 11 is 2.25. The molecule has 0 saturated heterocycles. The number of fused-ring (bicyclic) bond motifs is 5. The number of carbonyl (C=O) groups excluding carboxylic acids is 2. The van der Waals surface area contributed by atoms with E-state index >= 15 is 0 Å². The largest absolute Gasteiger partial charge is 0.446 e. The number of rotatable bonds is 3. The number of allylic oxidation sites excluding steroid dienone is 1. The van der Waals surface area contributed by atoms with Gasteiger partial charge >= 0.3 is 6.09 Å². The molecule has 1 amide bonds. The van der Waals surface area contributed by atoms with Crippen molar-refractivity contribution >= 4 is 40.2 Å². The third-order valence-corrected chi connectivity index (χ3v) is 10.6.